The number of nitro groups is 1. The Morgan fingerprint density at radius 3 is 2.96 bits per heavy atom. The Hall–Kier alpha value is -3.49. The van der Waals surface area contributed by atoms with Crippen molar-refractivity contribution in [3.63, 3.8) is 0 Å². The van der Waals surface area contributed by atoms with Gasteiger partial charge in [-0.3, -0.25) is 20.0 Å². The molecule has 0 saturated heterocycles. The highest BCUT2D eigenvalue weighted by atomic mass is 16.6. The third-order valence-electron chi connectivity index (χ3n) is 3.55. The maximum absolute atomic E-state index is 12.2. The van der Waals surface area contributed by atoms with Gasteiger partial charge in [0.25, 0.3) is 5.69 Å². The summed E-state index contributed by atoms with van der Waals surface area (Å²) in [5, 5.41) is 20.3. The van der Waals surface area contributed by atoms with Crippen LogP contribution in [0.4, 0.5) is 11.5 Å². The third kappa shape index (κ3) is 3.14. The van der Waals surface area contributed by atoms with E-state index in [4.69, 9.17) is 0 Å². The molecular formula is C15H14N6O3. The summed E-state index contributed by atoms with van der Waals surface area (Å²) in [6.07, 6.45) is 4.85. The van der Waals surface area contributed by atoms with E-state index in [1.54, 1.807) is 48.4 Å². The molecule has 0 unspecified atom stereocenters. The second-order valence-electron chi connectivity index (χ2n) is 5.15. The minimum absolute atomic E-state index is 0.0126. The number of benzene rings is 1. The molecule has 3 rings (SSSR count). The van der Waals surface area contributed by atoms with Crippen molar-refractivity contribution in [3.05, 3.63) is 59.2 Å². The molecule has 1 atom stereocenters. The summed E-state index contributed by atoms with van der Waals surface area (Å²) in [4.78, 5) is 26.5. The Morgan fingerprint density at radius 1 is 1.42 bits per heavy atom. The fourth-order valence-electron chi connectivity index (χ4n) is 2.19. The van der Waals surface area contributed by atoms with Crippen molar-refractivity contribution >= 4 is 17.4 Å². The van der Waals surface area contributed by atoms with Crippen LogP contribution >= 0.6 is 0 Å². The largest absolute Gasteiger partial charge is 0.325 e. The number of anilines is 1. The quantitative estimate of drug-likeness (QED) is 0.551. The van der Waals surface area contributed by atoms with E-state index in [1.807, 2.05) is 0 Å². The van der Waals surface area contributed by atoms with Gasteiger partial charge in [-0.05, 0) is 6.92 Å². The lowest BCUT2D eigenvalue weighted by Crippen LogP contribution is -2.23. The van der Waals surface area contributed by atoms with Crippen LogP contribution in [0.25, 0.3) is 11.3 Å². The normalized spacial score (nSPS) is 11.9. The van der Waals surface area contributed by atoms with Gasteiger partial charge >= 0.3 is 0 Å². The Bertz CT molecular complexity index is 871. The highest BCUT2D eigenvalue weighted by Crippen LogP contribution is 2.24. The first-order valence-corrected chi connectivity index (χ1v) is 7.13. The highest BCUT2D eigenvalue weighted by Gasteiger charge is 2.16. The monoisotopic (exact) mass is 326 g/mol. The van der Waals surface area contributed by atoms with Crippen molar-refractivity contribution in [2.75, 3.05) is 5.32 Å². The van der Waals surface area contributed by atoms with Crippen LogP contribution in [0.5, 0.6) is 0 Å². The van der Waals surface area contributed by atoms with Crippen LogP contribution in [0.15, 0.2) is 49.1 Å². The van der Waals surface area contributed by atoms with Gasteiger partial charge in [0.2, 0.25) is 5.91 Å². The molecule has 0 spiro atoms. The third-order valence-corrected chi connectivity index (χ3v) is 3.55. The van der Waals surface area contributed by atoms with E-state index in [0.29, 0.717) is 17.1 Å². The lowest BCUT2D eigenvalue weighted by atomic mass is 10.1. The van der Waals surface area contributed by atoms with Gasteiger partial charge in [-0.25, -0.2) is 4.98 Å². The smallest absolute Gasteiger partial charge is 0.270 e. The van der Waals surface area contributed by atoms with E-state index in [-0.39, 0.29) is 11.6 Å². The van der Waals surface area contributed by atoms with Crippen molar-refractivity contribution in [1.82, 2.24) is 19.7 Å². The van der Waals surface area contributed by atoms with Gasteiger partial charge in [-0.2, -0.15) is 5.10 Å². The van der Waals surface area contributed by atoms with E-state index in [2.05, 4.69) is 20.5 Å². The Labute approximate surface area is 136 Å². The highest BCUT2D eigenvalue weighted by molar-refractivity contribution is 5.93. The lowest BCUT2D eigenvalue weighted by Gasteiger charge is -2.11. The number of imidazole rings is 1. The van der Waals surface area contributed by atoms with Gasteiger partial charge in [-0.15, -0.1) is 0 Å². The van der Waals surface area contributed by atoms with Gasteiger partial charge in [0.1, 0.15) is 6.04 Å². The maximum atomic E-state index is 12.2. The van der Waals surface area contributed by atoms with Crippen LogP contribution in [0.2, 0.25) is 0 Å². The molecule has 0 aliphatic rings. The molecule has 0 radical (unpaired) electrons. The number of amides is 1. The predicted molar refractivity (Wildman–Crippen MR) is 86.2 cm³/mol. The average molecular weight is 326 g/mol. The predicted octanol–water partition coefficient (Wildman–Crippen LogP) is 2.38. The fraction of sp³-hybridized carbons (Fsp3) is 0.133. The van der Waals surface area contributed by atoms with Crippen LogP contribution in [0.1, 0.15) is 13.0 Å². The molecule has 3 aromatic rings. The zero-order valence-electron chi connectivity index (χ0n) is 12.7. The zero-order chi connectivity index (χ0) is 17.1. The summed E-state index contributed by atoms with van der Waals surface area (Å²) in [5.74, 6) is 0.0959. The summed E-state index contributed by atoms with van der Waals surface area (Å²) >= 11 is 0. The van der Waals surface area contributed by atoms with Crippen molar-refractivity contribution in [1.29, 1.82) is 0 Å². The molecule has 2 N–H and O–H groups in total. The lowest BCUT2D eigenvalue weighted by molar-refractivity contribution is -0.384. The van der Waals surface area contributed by atoms with E-state index in [9.17, 15) is 14.9 Å². The number of H-pyrrole nitrogens is 1. The second kappa shape index (κ2) is 6.32. The van der Waals surface area contributed by atoms with Crippen molar-refractivity contribution in [2.45, 2.75) is 13.0 Å². The van der Waals surface area contributed by atoms with Crippen molar-refractivity contribution in [3.8, 4) is 11.3 Å². The van der Waals surface area contributed by atoms with E-state index in [0.717, 1.165) is 0 Å². The Balaban J connectivity index is 1.75. The molecule has 9 heteroatoms. The van der Waals surface area contributed by atoms with Gasteiger partial charge in [-0.1, -0.05) is 12.1 Å². The number of carbonyl (C=O) groups is 1. The molecule has 0 aliphatic heterocycles. The van der Waals surface area contributed by atoms with Crippen LogP contribution in [0.3, 0.4) is 0 Å². The SMILES string of the molecule is C[C@H](C(=O)Nc1cc(-c2cccc([N+](=O)[O-])c2)[nH]n1)n1ccnc1. The van der Waals surface area contributed by atoms with Crippen LogP contribution in [-0.4, -0.2) is 30.6 Å². The van der Waals surface area contributed by atoms with E-state index >= 15 is 0 Å². The molecule has 2 aromatic heterocycles. The van der Waals surface area contributed by atoms with Crippen molar-refractivity contribution in [2.24, 2.45) is 0 Å². The standard InChI is InChI=1S/C15H14N6O3/c1-10(20-6-5-16-9-20)15(22)17-14-8-13(18-19-14)11-3-2-4-12(7-11)21(23)24/h2-10H,1H3,(H2,17,18,19,22)/t10-/m1/s1. The van der Waals surface area contributed by atoms with E-state index < -0.39 is 11.0 Å². The number of non-ortho nitro benzene ring substituents is 1. The Kier molecular flexibility index (Phi) is 4.06. The van der Waals surface area contributed by atoms with Gasteiger partial charge in [0.15, 0.2) is 5.82 Å². The summed E-state index contributed by atoms with van der Waals surface area (Å²) < 4.78 is 1.67. The molecule has 2 heterocycles. The number of hydrogen-bond acceptors (Lipinski definition) is 5. The van der Waals surface area contributed by atoms with Crippen LogP contribution in [-0.2, 0) is 4.79 Å². The fourth-order valence-corrected chi connectivity index (χ4v) is 2.19. The van der Waals surface area contributed by atoms with Crippen LogP contribution in [0, 0.1) is 10.1 Å². The summed E-state index contributed by atoms with van der Waals surface area (Å²) in [7, 11) is 0. The Morgan fingerprint density at radius 2 is 2.25 bits per heavy atom. The molecule has 1 amide bonds. The second-order valence-corrected chi connectivity index (χ2v) is 5.15. The minimum atomic E-state index is -0.463. The van der Waals surface area contributed by atoms with Gasteiger partial charge in [0.05, 0.1) is 16.9 Å². The molecule has 9 nitrogen and oxygen atoms in total. The summed E-state index contributed by atoms with van der Waals surface area (Å²) in [5.41, 5.74) is 1.17. The average Bonchev–Trinajstić information content (AvgIpc) is 3.26. The molecular weight excluding hydrogens is 312 g/mol. The van der Waals surface area contributed by atoms with E-state index in [1.165, 1.54) is 12.1 Å². The number of nitrogens with one attached hydrogen (secondary N) is 2. The topological polar surface area (TPSA) is 119 Å². The number of hydrogen-bond donors (Lipinski definition) is 2. The number of aromatic nitrogens is 4. The first kappa shape index (κ1) is 15.4. The first-order chi connectivity index (χ1) is 11.5. The molecule has 0 fully saturated rings. The number of aromatic amines is 1. The summed E-state index contributed by atoms with van der Waals surface area (Å²) in [6.45, 7) is 1.74. The number of nitrogens with zero attached hydrogens (tertiary/aromatic N) is 4. The zero-order valence-corrected chi connectivity index (χ0v) is 12.7. The summed E-state index contributed by atoms with van der Waals surface area (Å²) in [6, 6.07) is 7.35. The van der Waals surface area contributed by atoms with Gasteiger partial charge < -0.3 is 9.88 Å². The number of rotatable bonds is 5. The maximum Gasteiger partial charge on any atom is 0.270 e. The number of nitro benzene ring substituents is 1. The number of carbonyl (C=O) groups excluding carboxylic acids is 1. The molecule has 0 bridgehead atoms. The molecule has 1 aromatic carbocycles. The molecule has 24 heavy (non-hydrogen) atoms. The molecule has 0 aliphatic carbocycles. The van der Waals surface area contributed by atoms with Crippen molar-refractivity contribution < 1.29 is 9.72 Å². The molecule has 0 saturated carbocycles. The minimum Gasteiger partial charge on any atom is -0.325 e. The van der Waals surface area contributed by atoms with Gasteiger partial charge in [0, 0.05) is 36.2 Å². The first-order valence-electron chi connectivity index (χ1n) is 7.13. The van der Waals surface area contributed by atoms with Crippen LogP contribution < -0.4 is 5.32 Å². The molecule has 122 valence electrons.